The fraction of sp³-hybridized carbons (Fsp3) is 0.364. The van der Waals surface area contributed by atoms with Crippen LogP contribution in [-0.2, 0) is 26.3 Å². The van der Waals surface area contributed by atoms with Crippen LogP contribution in [0.25, 0.3) is 11.0 Å². The first kappa shape index (κ1) is 18.8. The van der Waals surface area contributed by atoms with Gasteiger partial charge < -0.3 is 15.2 Å². The highest BCUT2D eigenvalue weighted by Gasteiger charge is 2.41. The predicted molar refractivity (Wildman–Crippen MR) is 115 cm³/mol. The lowest BCUT2D eigenvalue weighted by molar-refractivity contribution is 0.0962. The molecule has 5 nitrogen and oxygen atoms in total. The van der Waals surface area contributed by atoms with E-state index in [-0.39, 0.29) is 23.9 Å². The summed E-state index contributed by atoms with van der Waals surface area (Å²) < 4.78 is 2.06. The summed E-state index contributed by atoms with van der Waals surface area (Å²) in [7, 11) is 3.70. The van der Waals surface area contributed by atoms with Crippen LogP contribution in [0.1, 0.15) is 39.3 Å². The minimum absolute atomic E-state index is 0. The van der Waals surface area contributed by atoms with Crippen molar-refractivity contribution in [3.05, 3.63) is 58.4 Å². The topological polar surface area (TPSA) is 59.0 Å². The van der Waals surface area contributed by atoms with E-state index in [1.165, 1.54) is 11.1 Å². The van der Waals surface area contributed by atoms with Crippen molar-refractivity contribution in [3.8, 4) is 0 Å². The molecule has 0 unspecified atom stereocenters. The molecule has 0 saturated carbocycles. The van der Waals surface area contributed by atoms with Gasteiger partial charge in [0.15, 0.2) is 0 Å². The molecule has 1 amide bonds. The molecule has 1 aromatic heterocycles. The number of halogens is 1. The lowest BCUT2D eigenvalue weighted by Crippen LogP contribution is -2.43. The Kier molecular flexibility index (Phi) is 4.38. The monoisotopic (exact) mass is 396 g/mol. The Balaban J connectivity index is 0.00000192. The molecule has 0 atom stereocenters. The van der Waals surface area contributed by atoms with Crippen LogP contribution in [0.5, 0.6) is 0 Å². The smallest absolute Gasteiger partial charge is 0.251 e. The standard InChI is InChI=1S/C22H24N4O.ClH/c1-13-24-20-18(26(13)3)10-17(21(27)23-2)16-8-9-22(25-19(16)20)11-14-6-4-5-7-15(14)12-22;/h4-7,10,25H,8-9,11-12H2,1-3H3,(H,23,27);1H. The van der Waals surface area contributed by atoms with Crippen molar-refractivity contribution < 1.29 is 4.79 Å². The number of carbonyl (C=O) groups is 1. The number of fused-ring (bicyclic) bond motifs is 4. The number of nitrogens with one attached hydrogen (secondary N) is 2. The zero-order valence-corrected chi connectivity index (χ0v) is 17.2. The van der Waals surface area contributed by atoms with E-state index in [9.17, 15) is 4.79 Å². The first-order valence-electron chi connectivity index (χ1n) is 9.57. The van der Waals surface area contributed by atoms with Gasteiger partial charge in [-0.1, -0.05) is 24.3 Å². The van der Waals surface area contributed by atoms with Crippen molar-refractivity contribution in [3.63, 3.8) is 0 Å². The maximum atomic E-state index is 12.6. The SMILES string of the molecule is CNC(=O)c1cc2c(nc(C)n2C)c2c1CCC1(Cc3ccccc3C1)N2.Cl. The third-order valence-corrected chi connectivity index (χ3v) is 6.40. The Morgan fingerprint density at radius 1 is 1.25 bits per heavy atom. The lowest BCUT2D eigenvalue weighted by atomic mass is 9.82. The fourth-order valence-corrected chi connectivity index (χ4v) is 4.86. The molecule has 0 bridgehead atoms. The molecule has 146 valence electrons. The molecule has 2 aromatic carbocycles. The molecule has 28 heavy (non-hydrogen) atoms. The first-order chi connectivity index (χ1) is 13.0. The van der Waals surface area contributed by atoms with Gasteiger partial charge in [-0.3, -0.25) is 4.79 Å². The second-order valence-electron chi connectivity index (χ2n) is 7.97. The number of nitrogens with zero attached hydrogens (tertiary/aromatic N) is 2. The Labute approximate surface area is 170 Å². The van der Waals surface area contributed by atoms with Crippen LogP contribution < -0.4 is 10.6 Å². The molecule has 0 saturated heterocycles. The van der Waals surface area contributed by atoms with Gasteiger partial charge in [-0.25, -0.2) is 4.98 Å². The van der Waals surface area contributed by atoms with Gasteiger partial charge in [0.25, 0.3) is 5.91 Å². The van der Waals surface area contributed by atoms with Crippen LogP contribution in [0.3, 0.4) is 0 Å². The number of anilines is 1. The highest BCUT2D eigenvalue weighted by atomic mass is 35.5. The highest BCUT2D eigenvalue weighted by Crippen LogP contribution is 2.44. The summed E-state index contributed by atoms with van der Waals surface area (Å²) in [6.45, 7) is 2.01. The van der Waals surface area contributed by atoms with Crippen LogP contribution in [-0.4, -0.2) is 28.0 Å². The minimum atomic E-state index is -0.0283. The van der Waals surface area contributed by atoms with Crippen molar-refractivity contribution in [1.29, 1.82) is 0 Å². The van der Waals surface area contributed by atoms with E-state index in [4.69, 9.17) is 4.98 Å². The minimum Gasteiger partial charge on any atom is -0.377 e. The van der Waals surface area contributed by atoms with Gasteiger partial charge in [-0.15, -0.1) is 12.4 Å². The number of hydrogen-bond donors (Lipinski definition) is 2. The van der Waals surface area contributed by atoms with Gasteiger partial charge >= 0.3 is 0 Å². The quantitative estimate of drug-likeness (QED) is 0.661. The molecule has 0 radical (unpaired) electrons. The summed E-state index contributed by atoms with van der Waals surface area (Å²) in [5.41, 5.74) is 7.79. The number of benzene rings is 2. The number of rotatable bonds is 1. The molecule has 6 heteroatoms. The first-order valence-corrected chi connectivity index (χ1v) is 9.57. The molecule has 1 aliphatic carbocycles. The Morgan fingerprint density at radius 2 is 1.93 bits per heavy atom. The third kappa shape index (κ3) is 2.60. The average Bonchev–Trinajstić information content (AvgIpc) is 3.17. The summed E-state index contributed by atoms with van der Waals surface area (Å²) in [6.07, 6.45) is 3.97. The summed E-state index contributed by atoms with van der Waals surface area (Å²) in [5.74, 6) is 0.928. The number of amides is 1. The van der Waals surface area contributed by atoms with Gasteiger partial charge in [0.1, 0.15) is 11.3 Å². The zero-order chi connectivity index (χ0) is 18.8. The second kappa shape index (κ2) is 6.52. The third-order valence-electron chi connectivity index (χ3n) is 6.40. The molecule has 1 aliphatic heterocycles. The van der Waals surface area contributed by atoms with Crippen LogP contribution in [0.2, 0.25) is 0 Å². The van der Waals surface area contributed by atoms with Crippen LogP contribution >= 0.6 is 12.4 Å². The second-order valence-corrected chi connectivity index (χ2v) is 7.97. The maximum absolute atomic E-state index is 12.6. The van der Waals surface area contributed by atoms with Gasteiger partial charge in [-0.2, -0.15) is 0 Å². The number of imidazole rings is 1. The van der Waals surface area contributed by atoms with Crippen LogP contribution in [0.4, 0.5) is 5.69 Å². The number of aromatic nitrogens is 2. The Hall–Kier alpha value is -2.53. The largest absolute Gasteiger partial charge is 0.377 e. The average molecular weight is 397 g/mol. The number of carbonyl (C=O) groups excluding carboxylic acids is 1. The molecule has 5 rings (SSSR count). The fourth-order valence-electron chi connectivity index (χ4n) is 4.86. The number of hydrogen-bond acceptors (Lipinski definition) is 3. The molecule has 0 fully saturated rings. The van der Waals surface area contributed by atoms with Crippen molar-refractivity contribution in [2.75, 3.05) is 12.4 Å². The van der Waals surface area contributed by atoms with E-state index >= 15 is 0 Å². The predicted octanol–water partition coefficient (Wildman–Crippen LogP) is 3.56. The molecular formula is C22H25ClN4O. The molecule has 2 heterocycles. The Morgan fingerprint density at radius 3 is 2.57 bits per heavy atom. The van der Waals surface area contributed by atoms with Crippen molar-refractivity contribution in [2.45, 2.75) is 38.1 Å². The number of aryl methyl sites for hydroxylation is 2. The zero-order valence-electron chi connectivity index (χ0n) is 16.4. The summed E-state index contributed by atoms with van der Waals surface area (Å²) in [4.78, 5) is 17.4. The molecule has 2 aliphatic rings. The van der Waals surface area contributed by atoms with Gasteiger partial charge in [-0.05, 0) is 55.4 Å². The van der Waals surface area contributed by atoms with Gasteiger partial charge in [0.2, 0.25) is 0 Å². The maximum Gasteiger partial charge on any atom is 0.251 e. The van der Waals surface area contributed by atoms with Crippen LogP contribution in [0.15, 0.2) is 30.3 Å². The van der Waals surface area contributed by atoms with Gasteiger partial charge in [0.05, 0.1) is 11.2 Å². The van der Waals surface area contributed by atoms with E-state index in [1.807, 2.05) is 20.0 Å². The molecule has 3 aromatic rings. The Bertz CT molecular complexity index is 1080. The molecular weight excluding hydrogens is 372 g/mol. The van der Waals surface area contributed by atoms with Crippen molar-refractivity contribution >= 4 is 35.0 Å². The summed E-state index contributed by atoms with van der Waals surface area (Å²) in [5, 5.41) is 6.67. The highest BCUT2D eigenvalue weighted by molar-refractivity contribution is 6.04. The van der Waals surface area contributed by atoms with E-state index in [2.05, 4.69) is 39.5 Å². The summed E-state index contributed by atoms with van der Waals surface area (Å²) >= 11 is 0. The van der Waals surface area contributed by atoms with Crippen LogP contribution in [0, 0.1) is 6.92 Å². The van der Waals surface area contributed by atoms with E-state index < -0.39 is 0 Å². The normalized spacial score (nSPS) is 16.2. The molecule has 2 N–H and O–H groups in total. The van der Waals surface area contributed by atoms with E-state index in [0.29, 0.717) is 0 Å². The lowest BCUT2D eigenvalue weighted by Gasteiger charge is -2.38. The summed E-state index contributed by atoms with van der Waals surface area (Å²) in [6, 6.07) is 10.7. The van der Waals surface area contributed by atoms with Crippen molar-refractivity contribution in [1.82, 2.24) is 14.9 Å². The van der Waals surface area contributed by atoms with E-state index in [0.717, 1.165) is 59.4 Å². The van der Waals surface area contributed by atoms with E-state index in [1.54, 1.807) is 7.05 Å². The molecule has 1 spiro atoms. The van der Waals surface area contributed by atoms with Crippen molar-refractivity contribution in [2.24, 2.45) is 7.05 Å². The van der Waals surface area contributed by atoms with Gasteiger partial charge in [0, 0.05) is 25.2 Å².